The topological polar surface area (TPSA) is 134 Å². The first kappa shape index (κ1) is 32.7. The number of hydrogen-bond donors (Lipinski definition) is 2. The Morgan fingerprint density at radius 3 is 2.17 bits per heavy atom. The number of amides is 2. The first-order chi connectivity index (χ1) is 22.7. The van der Waals surface area contributed by atoms with E-state index in [0.29, 0.717) is 22.3 Å². The van der Waals surface area contributed by atoms with E-state index in [0.717, 1.165) is 6.08 Å². The molecule has 11 nitrogen and oxygen atoms in total. The predicted molar refractivity (Wildman–Crippen MR) is 182 cm³/mol. The second-order valence-corrected chi connectivity index (χ2v) is 10.6. The van der Waals surface area contributed by atoms with Crippen molar-refractivity contribution >= 4 is 57.4 Å². The number of carbonyl (C=O) groups is 2. The quantitative estimate of drug-likeness (QED) is 0.145. The van der Waals surface area contributed by atoms with Crippen LogP contribution in [-0.4, -0.2) is 40.6 Å². The number of aromatic nitrogens is 3. The second kappa shape index (κ2) is 14.2. The number of para-hydroxylation sites is 2. The molecule has 0 aliphatic carbocycles. The van der Waals surface area contributed by atoms with Crippen molar-refractivity contribution in [3.8, 4) is 34.4 Å². The number of halogens is 2. The van der Waals surface area contributed by atoms with Crippen molar-refractivity contribution in [3.63, 3.8) is 0 Å². The van der Waals surface area contributed by atoms with E-state index in [-0.39, 0.29) is 62.5 Å². The van der Waals surface area contributed by atoms with Gasteiger partial charge in [-0.25, -0.2) is 4.98 Å². The minimum atomic E-state index is -0.482. The lowest BCUT2D eigenvalue weighted by molar-refractivity contribution is -0.112. The fraction of sp³-hybridized carbons (Fsp3) is 0.0882. The van der Waals surface area contributed by atoms with Crippen LogP contribution in [0.15, 0.2) is 97.0 Å². The molecular weight excluding hydrogens is 645 g/mol. The minimum absolute atomic E-state index is 0.0532. The number of rotatable bonds is 11. The van der Waals surface area contributed by atoms with Gasteiger partial charge in [-0.15, -0.1) is 0 Å². The summed E-state index contributed by atoms with van der Waals surface area (Å²) < 4.78 is 18.3. The Bertz CT molecular complexity index is 2070. The van der Waals surface area contributed by atoms with Gasteiger partial charge in [0.2, 0.25) is 11.8 Å². The summed E-state index contributed by atoms with van der Waals surface area (Å²) in [4.78, 5) is 47.0. The standard InChI is InChI=1S/C34H27Cl2N5O6/c1-5-27(42)38-21-13-11-19(12-14-21)18-41-32-20(15-22(33(41)44)29-30(35)25(45-3)16-26(46-4)31(29)36)17-37-34(40-32)47-24-10-8-7-9-23(24)39-28(43)6-2/h5-17H,1-2,18H2,3-4H3,(H,38,42)(H,39,43). The van der Waals surface area contributed by atoms with E-state index in [1.807, 2.05) is 0 Å². The predicted octanol–water partition coefficient (Wildman–Crippen LogP) is 6.87. The number of fused-ring (bicyclic) bond motifs is 1. The first-order valence-electron chi connectivity index (χ1n) is 13.9. The summed E-state index contributed by atoms with van der Waals surface area (Å²) in [6, 6.07) is 16.7. The Balaban J connectivity index is 1.68. The van der Waals surface area contributed by atoms with Crippen molar-refractivity contribution < 1.29 is 23.8 Å². The highest BCUT2D eigenvalue weighted by Crippen LogP contribution is 2.45. The second-order valence-electron chi connectivity index (χ2n) is 9.85. The number of methoxy groups -OCH3 is 2. The smallest absolute Gasteiger partial charge is 0.324 e. The number of carbonyl (C=O) groups excluding carboxylic acids is 2. The number of pyridine rings is 1. The average molecular weight is 673 g/mol. The van der Waals surface area contributed by atoms with Gasteiger partial charge in [-0.3, -0.25) is 19.0 Å². The molecule has 5 aromatic rings. The molecule has 0 aliphatic rings. The lowest BCUT2D eigenvalue weighted by atomic mass is 10.0. The number of nitrogens with zero attached hydrogens (tertiary/aromatic N) is 3. The van der Waals surface area contributed by atoms with Gasteiger partial charge in [0, 0.05) is 28.9 Å². The third kappa shape index (κ3) is 6.96. The van der Waals surface area contributed by atoms with Crippen LogP contribution < -0.4 is 30.4 Å². The summed E-state index contributed by atoms with van der Waals surface area (Å²) in [6.45, 7) is 6.99. The lowest BCUT2D eigenvalue weighted by Crippen LogP contribution is -2.24. The molecule has 0 fully saturated rings. The Kier molecular flexibility index (Phi) is 9.88. The van der Waals surface area contributed by atoms with Gasteiger partial charge >= 0.3 is 6.01 Å². The molecule has 2 amide bonds. The molecule has 5 rings (SSSR count). The molecule has 13 heteroatoms. The summed E-state index contributed by atoms with van der Waals surface area (Å²) in [5.74, 6) is 0.00171. The molecule has 47 heavy (non-hydrogen) atoms. The number of nitrogens with one attached hydrogen (secondary N) is 2. The third-order valence-electron chi connectivity index (χ3n) is 6.93. The zero-order valence-electron chi connectivity index (χ0n) is 25.2. The maximum absolute atomic E-state index is 14.4. The van der Waals surface area contributed by atoms with Crippen molar-refractivity contribution in [2.24, 2.45) is 0 Å². The summed E-state index contributed by atoms with van der Waals surface area (Å²) in [6.07, 6.45) is 3.80. The molecule has 3 aromatic carbocycles. The van der Waals surface area contributed by atoms with Gasteiger partial charge in [-0.05, 0) is 48.0 Å². The number of benzene rings is 3. The van der Waals surface area contributed by atoms with Gasteiger partial charge in [0.1, 0.15) is 17.1 Å². The summed E-state index contributed by atoms with van der Waals surface area (Å²) >= 11 is 13.4. The van der Waals surface area contributed by atoms with E-state index in [1.165, 1.54) is 37.1 Å². The van der Waals surface area contributed by atoms with Crippen molar-refractivity contribution in [2.75, 3.05) is 24.9 Å². The van der Waals surface area contributed by atoms with Crippen molar-refractivity contribution in [1.82, 2.24) is 14.5 Å². The summed E-state index contributed by atoms with van der Waals surface area (Å²) in [7, 11) is 2.88. The molecule has 2 aromatic heterocycles. The zero-order chi connectivity index (χ0) is 33.7. The first-order valence-corrected chi connectivity index (χ1v) is 14.7. The Morgan fingerprint density at radius 1 is 0.894 bits per heavy atom. The van der Waals surface area contributed by atoms with Crippen LogP contribution in [0.1, 0.15) is 5.56 Å². The molecule has 0 aliphatic heterocycles. The Labute approximate surface area is 279 Å². The SMILES string of the molecule is C=CC(=O)Nc1ccc(Cn2c(=O)c(-c3c(Cl)c(OC)cc(OC)c3Cl)cc3cnc(Oc4ccccc4NC(=O)C=C)nc32)cc1. The summed E-state index contributed by atoms with van der Waals surface area (Å²) in [5, 5.41) is 6.06. The number of ether oxygens (including phenoxy) is 3. The maximum atomic E-state index is 14.4. The fourth-order valence-corrected chi connectivity index (χ4v) is 5.36. The van der Waals surface area contributed by atoms with Crippen LogP contribution in [0.2, 0.25) is 10.0 Å². The van der Waals surface area contributed by atoms with Crippen molar-refractivity contribution in [1.29, 1.82) is 0 Å². The molecule has 0 saturated heterocycles. The molecule has 0 atom stereocenters. The van der Waals surface area contributed by atoms with Crippen LogP contribution in [0.4, 0.5) is 11.4 Å². The fourth-order valence-electron chi connectivity index (χ4n) is 4.65. The van der Waals surface area contributed by atoms with Gasteiger partial charge < -0.3 is 24.8 Å². The Morgan fingerprint density at radius 2 is 1.53 bits per heavy atom. The maximum Gasteiger partial charge on any atom is 0.324 e. The number of hydrogen-bond acceptors (Lipinski definition) is 8. The molecule has 0 bridgehead atoms. The molecule has 0 spiro atoms. The zero-order valence-corrected chi connectivity index (χ0v) is 26.7. The molecule has 0 radical (unpaired) electrons. The average Bonchev–Trinajstić information content (AvgIpc) is 3.08. The Hall–Kier alpha value is -5.65. The van der Waals surface area contributed by atoms with Crippen molar-refractivity contribution in [2.45, 2.75) is 6.54 Å². The molecular formula is C34H27Cl2N5O6. The largest absolute Gasteiger partial charge is 0.495 e. The minimum Gasteiger partial charge on any atom is -0.495 e. The molecule has 0 saturated carbocycles. The van der Waals surface area contributed by atoms with E-state index >= 15 is 0 Å². The van der Waals surface area contributed by atoms with E-state index in [9.17, 15) is 14.4 Å². The normalized spacial score (nSPS) is 10.6. The molecule has 2 heterocycles. The van der Waals surface area contributed by atoms with Gasteiger partial charge in [-0.2, -0.15) is 4.98 Å². The highest BCUT2D eigenvalue weighted by atomic mass is 35.5. The molecule has 238 valence electrons. The van der Waals surface area contributed by atoms with Crippen LogP contribution in [0, 0.1) is 0 Å². The van der Waals surface area contributed by atoms with E-state index in [4.69, 9.17) is 37.4 Å². The van der Waals surface area contributed by atoms with Crippen LogP contribution in [0.25, 0.3) is 22.2 Å². The van der Waals surface area contributed by atoms with E-state index in [2.05, 4.69) is 33.8 Å². The van der Waals surface area contributed by atoms with Gasteiger partial charge in [-0.1, -0.05) is 60.6 Å². The molecule has 0 unspecified atom stereocenters. The van der Waals surface area contributed by atoms with Crippen LogP contribution in [0.5, 0.6) is 23.3 Å². The van der Waals surface area contributed by atoms with Gasteiger partial charge in [0.15, 0.2) is 5.75 Å². The molecule has 2 N–H and O–H groups in total. The van der Waals surface area contributed by atoms with Gasteiger partial charge in [0.05, 0.1) is 42.1 Å². The van der Waals surface area contributed by atoms with Crippen LogP contribution in [-0.2, 0) is 16.1 Å². The summed E-state index contributed by atoms with van der Waals surface area (Å²) in [5.41, 5.74) is 1.74. The monoisotopic (exact) mass is 671 g/mol. The third-order valence-corrected chi connectivity index (χ3v) is 7.68. The van der Waals surface area contributed by atoms with E-state index in [1.54, 1.807) is 54.6 Å². The van der Waals surface area contributed by atoms with Gasteiger partial charge in [0.25, 0.3) is 5.56 Å². The van der Waals surface area contributed by atoms with Crippen LogP contribution >= 0.6 is 23.2 Å². The van der Waals surface area contributed by atoms with Crippen LogP contribution in [0.3, 0.4) is 0 Å². The highest BCUT2D eigenvalue weighted by Gasteiger charge is 2.24. The lowest BCUT2D eigenvalue weighted by Gasteiger charge is -2.17. The number of anilines is 2. The van der Waals surface area contributed by atoms with E-state index < -0.39 is 11.5 Å². The van der Waals surface area contributed by atoms with Crippen molar-refractivity contribution in [3.05, 3.63) is 118 Å². The highest BCUT2D eigenvalue weighted by molar-refractivity contribution is 6.41.